The highest BCUT2D eigenvalue weighted by atomic mass is 16.7. The topological polar surface area (TPSA) is 152 Å². The molecule has 0 aromatic carbocycles. The fraction of sp³-hybridized carbons (Fsp3) is 0.760. The van der Waals surface area contributed by atoms with E-state index in [9.17, 15) is 30.0 Å². The van der Waals surface area contributed by atoms with Crippen LogP contribution in [0.4, 0.5) is 0 Å². The van der Waals surface area contributed by atoms with Gasteiger partial charge in [0, 0.05) is 12.8 Å². The van der Waals surface area contributed by atoms with Crippen molar-refractivity contribution in [2.75, 3.05) is 19.8 Å². The molecule has 0 radical (unpaired) electrons. The van der Waals surface area contributed by atoms with Gasteiger partial charge in [-0.1, -0.05) is 158 Å². The van der Waals surface area contributed by atoms with Crippen molar-refractivity contribution >= 4 is 11.9 Å². The smallest absolute Gasteiger partial charge is 0.306 e. The van der Waals surface area contributed by atoms with Gasteiger partial charge in [-0.3, -0.25) is 9.59 Å². The highest BCUT2D eigenvalue weighted by Gasteiger charge is 2.44. The Hall–Kier alpha value is -2.60. The quantitative estimate of drug-likeness (QED) is 0.0267. The van der Waals surface area contributed by atoms with Crippen molar-refractivity contribution in [3.63, 3.8) is 0 Å². The van der Waals surface area contributed by atoms with Crippen molar-refractivity contribution < 1.29 is 49.0 Å². The predicted octanol–water partition coefficient (Wildman–Crippen LogP) is 10.6. The molecule has 346 valence electrons. The molecule has 10 heteroatoms. The number of aliphatic hydroxyl groups is 4. The second-order valence-corrected chi connectivity index (χ2v) is 16.2. The summed E-state index contributed by atoms with van der Waals surface area (Å²) >= 11 is 0. The van der Waals surface area contributed by atoms with Gasteiger partial charge in [0.1, 0.15) is 31.0 Å². The van der Waals surface area contributed by atoms with Crippen molar-refractivity contribution in [3.8, 4) is 0 Å². The summed E-state index contributed by atoms with van der Waals surface area (Å²) < 4.78 is 22.2. The van der Waals surface area contributed by atoms with Gasteiger partial charge < -0.3 is 39.4 Å². The van der Waals surface area contributed by atoms with Crippen LogP contribution in [0.2, 0.25) is 0 Å². The first-order chi connectivity index (χ1) is 29.3. The van der Waals surface area contributed by atoms with Crippen molar-refractivity contribution in [1.29, 1.82) is 0 Å². The van der Waals surface area contributed by atoms with E-state index < -0.39 is 49.4 Å². The molecule has 1 fully saturated rings. The molecule has 0 bridgehead atoms. The Kier molecular flexibility index (Phi) is 37.4. The van der Waals surface area contributed by atoms with Gasteiger partial charge in [0.05, 0.1) is 13.2 Å². The Bertz CT molecular complexity index is 1160. The van der Waals surface area contributed by atoms with Crippen LogP contribution in [0.15, 0.2) is 60.8 Å². The molecule has 0 saturated carbocycles. The van der Waals surface area contributed by atoms with E-state index in [1.807, 2.05) is 0 Å². The van der Waals surface area contributed by atoms with Crippen LogP contribution in [-0.4, -0.2) is 89.0 Å². The Labute approximate surface area is 364 Å². The van der Waals surface area contributed by atoms with E-state index in [0.29, 0.717) is 12.8 Å². The number of hydrogen-bond donors (Lipinski definition) is 4. The maximum atomic E-state index is 12.8. The summed E-state index contributed by atoms with van der Waals surface area (Å²) in [5.74, 6) is -0.834. The molecule has 4 N–H and O–H groups in total. The zero-order chi connectivity index (χ0) is 43.7. The molecule has 0 spiro atoms. The number of allylic oxidation sites excluding steroid dienone is 10. The first-order valence-corrected chi connectivity index (χ1v) is 23.9. The molecule has 6 unspecified atom stereocenters. The van der Waals surface area contributed by atoms with Crippen molar-refractivity contribution in [2.45, 2.75) is 224 Å². The lowest BCUT2D eigenvalue weighted by atomic mass is 9.99. The fourth-order valence-electron chi connectivity index (χ4n) is 6.88. The van der Waals surface area contributed by atoms with E-state index in [2.05, 4.69) is 74.6 Å². The number of aliphatic hydroxyl groups excluding tert-OH is 4. The van der Waals surface area contributed by atoms with Crippen LogP contribution < -0.4 is 0 Å². The number of rotatable bonds is 39. The van der Waals surface area contributed by atoms with Crippen LogP contribution >= 0.6 is 0 Å². The number of hydrogen-bond acceptors (Lipinski definition) is 10. The minimum absolute atomic E-state index is 0.210. The van der Waals surface area contributed by atoms with Gasteiger partial charge in [-0.15, -0.1) is 0 Å². The third-order valence-electron chi connectivity index (χ3n) is 10.6. The van der Waals surface area contributed by atoms with Crippen LogP contribution in [0, 0.1) is 0 Å². The summed E-state index contributed by atoms with van der Waals surface area (Å²) in [6, 6.07) is 0. The van der Waals surface area contributed by atoms with Gasteiger partial charge in [0.15, 0.2) is 12.4 Å². The number of carbonyl (C=O) groups is 2. The van der Waals surface area contributed by atoms with E-state index in [-0.39, 0.29) is 32.0 Å². The number of unbranched alkanes of at least 4 members (excludes halogenated alkanes) is 18. The zero-order valence-corrected chi connectivity index (χ0v) is 37.7. The first kappa shape index (κ1) is 55.4. The van der Waals surface area contributed by atoms with Crippen LogP contribution in [-0.2, 0) is 28.5 Å². The maximum Gasteiger partial charge on any atom is 0.306 e. The molecule has 0 aromatic rings. The van der Waals surface area contributed by atoms with Gasteiger partial charge in [0.25, 0.3) is 0 Å². The molecule has 6 atom stereocenters. The molecule has 10 nitrogen and oxygen atoms in total. The normalized spacial score (nSPS) is 20.4. The molecular weight excluding hydrogens is 761 g/mol. The summed E-state index contributed by atoms with van der Waals surface area (Å²) in [5, 5.41) is 40.1. The minimum atomic E-state index is -1.60. The van der Waals surface area contributed by atoms with Gasteiger partial charge >= 0.3 is 11.9 Å². The summed E-state index contributed by atoms with van der Waals surface area (Å²) in [7, 11) is 0. The average Bonchev–Trinajstić information content (AvgIpc) is 3.25. The molecule has 1 rings (SSSR count). The number of carbonyl (C=O) groups excluding carboxylic acids is 2. The Morgan fingerprint density at radius 3 is 1.50 bits per heavy atom. The van der Waals surface area contributed by atoms with Gasteiger partial charge in [-0.2, -0.15) is 0 Å². The molecular formula is C50H86O10. The van der Waals surface area contributed by atoms with E-state index in [0.717, 1.165) is 96.3 Å². The maximum absolute atomic E-state index is 12.8. The van der Waals surface area contributed by atoms with Crippen LogP contribution in [0.3, 0.4) is 0 Å². The molecule has 1 aliphatic heterocycles. The van der Waals surface area contributed by atoms with Gasteiger partial charge in [-0.25, -0.2) is 0 Å². The Balaban J connectivity index is 2.32. The van der Waals surface area contributed by atoms with E-state index in [4.69, 9.17) is 18.9 Å². The fourth-order valence-corrected chi connectivity index (χ4v) is 6.88. The van der Waals surface area contributed by atoms with Crippen LogP contribution in [0.1, 0.15) is 187 Å². The molecule has 0 amide bonds. The van der Waals surface area contributed by atoms with Crippen molar-refractivity contribution in [1.82, 2.24) is 0 Å². The summed E-state index contributed by atoms with van der Waals surface area (Å²) in [5.41, 5.74) is 0. The lowest BCUT2D eigenvalue weighted by molar-refractivity contribution is -0.305. The monoisotopic (exact) mass is 847 g/mol. The van der Waals surface area contributed by atoms with Crippen molar-refractivity contribution in [3.05, 3.63) is 60.8 Å². The average molecular weight is 847 g/mol. The Morgan fingerprint density at radius 2 is 0.983 bits per heavy atom. The standard InChI is InChI=1S/C50H86O10/c1-3-5-7-9-11-13-15-17-19-21-22-23-25-27-29-31-33-35-37-39-46(53)59-43(42-58-50-49(56)48(55)47(54)44(40-51)60-50)41-57-45(52)38-36-34-32-30-28-26-24-20-18-16-14-12-10-8-6-4-2/h5,7,11,13,17,19-20,22-24,43-44,47-51,54-56H,3-4,6,8-10,12,14-16,18,21,25-42H2,1-2H3/b7-5-,13-11-,19-17-,23-22-,24-20-. The van der Waals surface area contributed by atoms with E-state index in [1.165, 1.54) is 51.4 Å². The highest BCUT2D eigenvalue weighted by molar-refractivity contribution is 5.70. The molecule has 60 heavy (non-hydrogen) atoms. The summed E-state index contributed by atoms with van der Waals surface area (Å²) in [6.07, 6.45) is 42.2. The van der Waals surface area contributed by atoms with Gasteiger partial charge in [0.2, 0.25) is 0 Å². The Morgan fingerprint density at radius 1 is 0.533 bits per heavy atom. The van der Waals surface area contributed by atoms with Crippen molar-refractivity contribution in [2.24, 2.45) is 0 Å². The van der Waals surface area contributed by atoms with Gasteiger partial charge in [-0.05, 0) is 77.0 Å². The van der Waals surface area contributed by atoms with E-state index in [1.54, 1.807) is 0 Å². The third kappa shape index (κ3) is 31.3. The SMILES string of the molecule is CC/C=C\C/C=C\C/C=C\C/C=C\CCCCCCCCC(=O)OC(COC(=O)CCCCCCC/C=C\CCCCCCCCC)COC1OC(CO)C(O)C(O)C1O. The molecule has 1 saturated heterocycles. The minimum Gasteiger partial charge on any atom is -0.462 e. The third-order valence-corrected chi connectivity index (χ3v) is 10.6. The van der Waals surface area contributed by atoms with E-state index >= 15 is 0 Å². The zero-order valence-electron chi connectivity index (χ0n) is 37.7. The molecule has 1 heterocycles. The summed E-state index contributed by atoms with van der Waals surface area (Å²) in [6.45, 7) is 3.29. The summed E-state index contributed by atoms with van der Waals surface area (Å²) in [4.78, 5) is 25.4. The highest BCUT2D eigenvalue weighted by Crippen LogP contribution is 2.22. The first-order valence-electron chi connectivity index (χ1n) is 23.9. The number of esters is 2. The second-order valence-electron chi connectivity index (χ2n) is 16.2. The predicted molar refractivity (Wildman–Crippen MR) is 242 cm³/mol. The largest absolute Gasteiger partial charge is 0.462 e. The second kappa shape index (κ2) is 40.5. The molecule has 0 aromatic heterocycles. The lowest BCUT2D eigenvalue weighted by Crippen LogP contribution is -2.59. The lowest BCUT2D eigenvalue weighted by Gasteiger charge is -2.39. The van der Waals surface area contributed by atoms with Crippen LogP contribution in [0.5, 0.6) is 0 Å². The molecule has 0 aliphatic carbocycles. The van der Waals surface area contributed by atoms with Crippen LogP contribution in [0.25, 0.3) is 0 Å². The number of ether oxygens (including phenoxy) is 4. The molecule has 1 aliphatic rings.